The van der Waals surface area contributed by atoms with Crippen molar-refractivity contribution in [3.63, 3.8) is 0 Å². The van der Waals surface area contributed by atoms with Crippen LogP contribution >= 0.6 is 0 Å². The Balaban J connectivity index is 0. The van der Waals surface area contributed by atoms with E-state index in [0.717, 1.165) is 35.9 Å². The van der Waals surface area contributed by atoms with Gasteiger partial charge < -0.3 is 9.80 Å². The third kappa shape index (κ3) is 13.9. The average Bonchev–Trinajstić information content (AvgIpc) is 2.72. The van der Waals surface area contributed by atoms with Crippen LogP contribution in [0.2, 0.25) is 0 Å². The van der Waals surface area contributed by atoms with E-state index in [1.54, 1.807) is 14.0 Å². The van der Waals surface area contributed by atoms with Gasteiger partial charge in [0, 0.05) is 43.5 Å². The van der Waals surface area contributed by atoms with Crippen molar-refractivity contribution in [3.05, 3.63) is 23.4 Å². The maximum atomic E-state index is 11.2. The summed E-state index contributed by atoms with van der Waals surface area (Å²) in [5, 5.41) is 0. The number of carbonyl (C=O) groups is 1. The average molecular weight is 450 g/mol. The van der Waals surface area contributed by atoms with Gasteiger partial charge in [-0.05, 0) is 70.7 Å². The molecule has 0 amide bonds. The largest absolute Gasteiger partial charge is 0.374 e. The summed E-state index contributed by atoms with van der Waals surface area (Å²) in [6.45, 7) is 32.6. The van der Waals surface area contributed by atoms with Crippen molar-refractivity contribution in [1.29, 1.82) is 0 Å². The molecule has 1 rings (SSSR count). The number of aliphatic imine (C=N–C) groups is 1. The van der Waals surface area contributed by atoms with E-state index in [9.17, 15) is 4.79 Å². The predicted molar refractivity (Wildman–Crippen MR) is 145 cm³/mol. The van der Waals surface area contributed by atoms with Gasteiger partial charge in [0.15, 0.2) is 5.78 Å². The molecule has 0 spiro atoms. The van der Waals surface area contributed by atoms with E-state index in [2.05, 4.69) is 62.9 Å². The van der Waals surface area contributed by atoms with Gasteiger partial charge >= 0.3 is 0 Å². The number of ketones is 1. The minimum atomic E-state index is -0.00442. The molecule has 0 bridgehead atoms. The van der Waals surface area contributed by atoms with Crippen molar-refractivity contribution < 1.29 is 4.79 Å². The second-order valence-corrected chi connectivity index (χ2v) is 10.1. The zero-order valence-electron chi connectivity index (χ0n) is 23.7. The number of Topliss-reactive ketones (excluding diaryl/α,β-unsaturated/α-hetero) is 1. The van der Waals surface area contributed by atoms with Crippen LogP contribution in [0.1, 0.15) is 95.4 Å². The lowest BCUT2D eigenvalue weighted by Gasteiger charge is -2.32. The summed E-state index contributed by atoms with van der Waals surface area (Å²) < 4.78 is 0. The highest BCUT2D eigenvalue weighted by Crippen LogP contribution is 2.23. The first-order valence-electron chi connectivity index (χ1n) is 12.6. The molecule has 4 nitrogen and oxygen atoms in total. The quantitative estimate of drug-likeness (QED) is 0.295. The highest BCUT2D eigenvalue weighted by Gasteiger charge is 2.21. The Morgan fingerprint density at radius 2 is 1.50 bits per heavy atom. The summed E-state index contributed by atoms with van der Waals surface area (Å²) in [4.78, 5) is 20.5. The van der Waals surface area contributed by atoms with E-state index in [4.69, 9.17) is 0 Å². The molecule has 0 atom stereocenters. The van der Waals surface area contributed by atoms with Crippen LogP contribution < -0.4 is 0 Å². The summed E-state index contributed by atoms with van der Waals surface area (Å²) in [5.41, 5.74) is 4.03. The Morgan fingerprint density at radius 3 is 1.84 bits per heavy atom. The minimum absolute atomic E-state index is 0.00442. The van der Waals surface area contributed by atoms with Gasteiger partial charge in [-0.2, -0.15) is 0 Å². The van der Waals surface area contributed by atoms with Gasteiger partial charge in [0.05, 0.1) is 0 Å². The predicted octanol–water partition coefficient (Wildman–Crippen LogP) is 7.02. The Kier molecular flexibility index (Phi) is 17.5. The molecule has 0 aromatic rings. The lowest BCUT2D eigenvalue weighted by atomic mass is 9.84. The molecular formula is C28H55N3O. The lowest BCUT2D eigenvalue weighted by molar-refractivity contribution is -0.113. The molecule has 0 aromatic heterocycles. The summed E-state index contributed by atoms with van der Waals surface area (Å²) >= 11 is 0. The maximum absolute atomic E-state index is 11.2. The number of carbonyl (C=O) groups excluding carboxylic acids is 1. The number of likely N-dealkylation sites (tertiary alicyclic amines) is 1. The molecule has 1 aliphatic heterocycles. The van der Waals surface area contributed by atoms with Crippen LogP contribution in [0.5, 0.6) is 0 Å². The van der Waals surface area contributed by atoms with Gasteiger partial charge in [0.1, 0.15) is 0 Å². The van der Waals surface area contributed by atoms with Gasteiger partial charge in [-0.25, -0.2) is 0 Å². The molecular weight excluding hydrogens is 394 g/mol. The van der Waals surface area contributed by atoms with Crippen LogP contribution in [0.4, 0.5) is 0 Å². The Hall–Kier alpha value is -1.42. The van der Waals surface area contributed by atoms with Crippen molar-refractivity contribution in [3.8, 4) is 0 Å². The van der Waals surface area contributed by atoms with E-state index in [1.165, 1.54) is 44.6 Å². The van der Waals surface area contributed by atoms with Crippen molar-refractivity contribution in [2.75, 3.05) is 39.8 Å². The fourth-order valence-electron chi connectivity index (χ4n) is 3.83. The SMILES string of the molecule is C=C(C)N(CCN1CCCCC1)CC(C)C.CC.CN=C(/C(C)=C(\C)C(C)=O)C(C)(C)C. The monoisotopic (exact) mass is 449 g/mol. The third-order valence-electron chi connectivity index (χ3n) is 5.64. The fourth-order valence-corrected chi connectivity index (χ4v) is 3.83. The topological polar surface area (TPSA) is 35.9 Å². The van der Waals surface area contributed by atoms with E-state index in [0.29, 0.717) is 0 Å². The summed E-state index contributed by atoms with van der Waals surface area (Å²) in [6.07, 6.45) is 4.20. The van der Waals surface area contributed by atoms with E-state index >= 15 is 0 Å². The first kappa shape index (κ1) is 32.8. The van der Waals surface area contributed by atoms with Crippen LogP contribution in [0.15, 0.2) is 28.4 Å². The van der Waals surface area contributed by atoms with Gasteiger partial charge in [0.2, 0.25) is 0 Å². The Morgan fingerprint density at radius 1 is 1.00 bits per heavy atom. The van der Waals surface area contributed by atoms with Crippen molar-refractivity contribution in [1.82, 2.24) is 9.80 Å². The van der Waals surface area contributed by atoms with Gasteiger partial charge in [-0.1, -0.05) is 61.5 Å². The highest BCUT2D eigenvalue weighted by atomic mass is 16.1. The molecule has 0 radical (unpaired) electrons. The normalized spacial score (nSPS) is 15.7. The number of hydrogen-bond donors (Lipinski definition) is 0. The summed E-state index contributed by atoms with van der Waals surface area (Å²) in [7, 11) is 1.78. The van der Waals surface area contributed by atoms with Crippen molar-refractivity contribution in [2.45, 2.75) is 95.4 Å². The number of rotatable bonds is 8. The highest BCUT2D eigenvalue weighted by molar-refractivity contribution is 6.09. The van der Waals surface area contributed by atoms with Crippen LogP contribution in [-0.2, 0) is 4.79 Å². The Labute approximate surface area is 201 Å². The molecule has 0 aromatic carbocycles. The van der Waals surface area contributed by atoms with Gasteiger partial charge in [-0.3, -0.25) is 9.79 Å². The fraction of sp³-hybridized carbons (Fsp3) is 0.786. The van der Waals surface area contributed by atoms with E-state index < -0.39 is 0 Å². The number of nitrogens with zero attached hydrogens (tertiary/aromatic N) is 3. The molecule has 1 aliphatic rings. The molecule has 0 saturated carbocycles. The van der Waals surface area contributed by atoms with Crippen molar-refractivity contribution in [2.24, 2.45) is 16.3 Å². The minimum Gasteiger partial charge on any atom is -0.374 e. The van der Waals surface area contributed by atoms with E-state index in [1.807, 2.05) is 27.7 Å². The molecule has 32 heavy (non-hydrogen) atoms. The number of allylic oxidation sites excluding steroid dienone is 3. The molecule has 0 N–H and O–H groups in total. The first-order valence-corrected chi connectivity index (χ1v) is 12.6. The second kappa shape index (κ2) is 17.1. The standard InChI is InChI=1S/C14H28N2.C12H21NO.C2H6/c1-13(2)12-16(14(3)4)11-10-15-8-6-5-7-9-15;1-8(10(3)14)9(2)11(13-7)12(4,5)6;1-2/h13H,3,5-12H2,1-2,4H3;1-7H3;1-2H3/b;9-8+,13-11?;. The zero-order chi connectivity index (χ0) is 25.5. The molecule has 1 fully saturated rings. The van der Waals surface area contributed by atoms with Crippen molar-refractivity contribution >= 4 is 11.5 Å². The van der Waals surface area contributed by atoms with Gasteiger partial charge in [-0.15, -0.1) is 0 Å². The maximum Gasteiger partial charge on any atom is 0.155 e. The number of hydrogen-bond acceptors (Lipinski definition) is 4. The molecule has 4 heteroatoms. The molecule has 1 heterocycles. The smallest absolute Gasteiger partial charge is 0.155 e. The van der Waals surface area contributed by atoms with E-state index in [-0.39, 0.29) is 11.2 Å². The molecule has 0 aliphatic carbocycles. The van der Waals surface area contributed by atoms with Crippen LogP contribution in [0.25, 0.3) is 0 Å². The number of piperidine rings is 1. The second-order valence-electron chi connectivity index (χ2n) is 10.1. The summed E-state index contributed by atoms with van der Waals surface area (Å²) in [5.74, 6) is 0.839. The van der Waals surface area contributed by atoms with Crippen LogP contribution in [-0.4, -0.2) is 61.1 Å². The third-order valence-corrected chi connectivity index (χ3v) is 5.64. The lowest BCUT2D eigenvalue weighted by Crippen LogP contribution is -2.38. The van der Waals surface area contributed by atoms with Crippen LogP contribution in [0, 0.1) is 11.3 Å². The van der Waals surface area contributed by atoms with Gasteiger partial charge in [0.25, 0.3) is 0 Å². The molecule has 0 unspecified atom stereocenters. The molecule has 188 valence electrons. The zero-order valence-corrected chi connectivity index (χ0v) is 23.7. The first-order chi connectivity index (χ1) is 14.8. The Bertz CT molecular complexity index is 603. The summed E-state index contributed by atoms with van der Waals surface area (Å²) in [6, 6.07) is 0. The molecule has 1 saturated heterocycles. The van der Waals surface area contributed by atoms with Crippen LogP contribution in [0.3, 0.4) is 0 Å².